The second kappa shape index (κ2) is 9.36. The predicted octanol–water partition coefficient (Wildman–Crippen LogP) is 4.07. The van der Waals surface area contributed by atoms with Gasteiger partial charge in [-0.3, -0.25) is 4.79 Å². The highest BCUT2D eigenvalue weighted by Gasteiger charge is 2.22. The lowest BCUT2D eigenvalue weighted by molar-refractivity contribution is -0.115. The Kier molecular flexibility index (Phi) is 6.84. The van der Waals surface area contributed by atoms with E-state index in [4.69, 9.17) is 21.1 Å². The number of carbonyl (C=O) groups excluding carboxylic acids is 1. The molecule has 0 spiro atoms. The third-order valence-electron chi connectivity index (χ3n) is 4.48. The number of anilines is 1. The molecule has 158 valence electrons. The summed E-state index contributed by atoms with van der Waals surface area (Å²) in [7, 11) is 3.01. The zero-order valence-corrected chi connectivity index (χ0v) is 18.8. The number of nitrogens with one attached hydrogen (secondary N) is 1. The molecule has 1 amide bonds. The fourth-order valence-corrected chi connectivity index (χ4v) is 3.96. The van der Waals surface area contributed by atoms with Crippen molar-refractivity contribution in [2.45, 2.75) is 31.2 Å². The number of hydrogen-bond acceptors (Lipinski definition) is 7. The molecule has 0 radical (unpaired) electrons. The number of thioether (sulfide) groups is 1. The summed E-state index contributed by atoms with van der Waals surface area (Å²) in [5.41, 5.74) is 3.45. The number of carbonyl (C=O) groups is 1. The molecule has 1 heterocycles. The van der Waals surface area contributed by atoms with Crippen LogP contribution in [-0.2, 0) is 4.79 Å². The van der Waals surface area contributed by atoms with E-state index in [-0.39, 0.29) is 5.91 Å². The van der Waals surface area contributed by atoms with Gasteiger partial charge in [0.2, 0.25) is 11.1 Å². The fraction of sp³-hybridized carbons (Fsp3) is 0.300. The summed E-state index contributed by atoms with van der Waals surface area (Å²) in [6.45, 7) is 5.77. The van der Waals surface area contributed by atoms with E-state index in [0.717, 1.165) is 16.8 Å². The maximum Gasteiger partial charge on any atom is 0.237 e. The Balaban J connectivity index is 1.81. The molecule has 1 atom stereocenters. The first-order valence-electron chi connectivity index (χ1n) is 9.09. The van der Waals surface area contributed by atoms with Crippen LogP contribution >= 0.6 is 23.4 Å². The van der Waals surface area contributed by atoms with Crippen molar-refractivity contribution in [3.8, 4) is 17.2 Å². The molecule has 0 aliphatic carbocycles. The van der Waals surface area contributed by atoms with Crippen LogP contribution < -0.4 is 14.8 Å². The third-order valence-corrected chi connectivity index (χ3v) is 5.80. The van der Waals surface area contributed by atoms with Crippen molar-refractivity contribution in [1.82, 2.24) is 20.2 Å². The smallest absolute Gasteiger partial charge is 0.237 e. The van der Waals surface area contributed by atoms with Crippen molar-refractivity contribution < 1.29 is 14.3 Å². The van der Waals surface area contributed by atoms with Gasteiger partial charge >= 0.3 is 0 Å². The number of hydrogen-bond donors (Lipinski definition) is 1. The van der Waals surface area contributed by atoms with Gasteiger partial charge in [0, 0.05) is 12.1 Å². The summed E-state index contributed by atoms with van der Waals surface area (Å²) >= 11 is 7.39. The van der Waals surface area contributed by atoms with Gasteiger partial charge in [0.1, 0.15) is 11.5 Å². The van der Waals surface area contributed by atoms with Crippen LogP contribution in [0.4, 0.5) is 5.69 Å². The number of aromatic nitrogens is 4. The van der Waals surface area contributed by atoms with E-state index in [2.05, 4.69) is 20.8 Å². The number of rotatable bonds is 7. The van der Waals surface area contributed by atoms with Gasteiger partial charge in [-0.15, -0.1) is 5.10 Å². The van der Waals surface area contributed by atoms with Crippen LogP contribution in [0.15, 0.2) is 35.5 Å². The Morgan fingerprint density at radius 2 is 1.83 bits per heavy atom. The summed E-state index contributed by atoms with van der Waals surface area (Å²) in [5.74, 6) is 0.637. The van der Waals surface area contributed by atoms with Crippen LogP contribution in [0.25, 0.3) is 5.69 Å². The molecule has 3 aromatic rings. The third kappa shape index (κ3) is 4.52. The summed E-state index contributed by atoms with van der Waals surface area (Å²) in [6, 6.07) is 9.19. The second-order valence-electron chi connectivity index (χ2n) is 6.55. The normalized spacial score (nSPS) is 11.8. The number of para-hydroxylation sites is 1. The van der Waals surface area contributed by atoms with Gasteiger partial charge in [-0.05, 0) is 42.3 Å². The lowest BCUT2D eigenvalue weighted by atomic mass is 10.1. The number of aryl methyl sites for hydroxylation is 2. The van der Waals surface area contributed by atoms with Crippen LogP contribution in [0, 0.1) is 13.8 Å². The van der Waals surface area contributed by atoms with E-state index >= 15 is 0 Å². The Morgan fingerprint density at radius 3 is 2.47 bits per heavy atom. The molecule has 1 unspecified atom stereocenters. The number of tetrazole rings is 1. The van der Waals surface area contributed by atoms with E-state index in [1.807, 2.05) is 32.0 Å². The maximum absolute atomic E-state index is 12.8. The van der Waals surface area contributed by atoms with Crippen molar-refractivity contribution in [3.05, 3.63) is 46.5 Å². The zero-order chi connectivity index (χ0) is 21.8. The van der Waals surface area contributed by atoms with Crippen LogP contribution in [0.3, 0.4) is 0 Å². The minimum absolute atomic E-state index is 0.237. The predicted molar refractivity (Wildman–Crippen MR) is 117 cm³/mol. The van der Waals surface area contributed by atoms with Crippen molar-refractivity contribution in [2.24, 2.45) is 0 Å². The largest absolute Gasteiger partial charge is 0.495 e. The number of ether oxygens (including phenoxy) is 2. The first-order valence-corrected chi connectivity index (χ1v) is 10.4. The van der Waals surface area contributed by atoms with E-state index in [0.29, 0.717) is 27.4 Å². The van der Waals surface area contributed by atoms with Crippen LogP contribution in [0.2, 0.25) is 5.02 Å². The van der Waals surface area contributed by atoms with Crippen molar-refractivity contribution in [1.29, 1.82) is 0 Å². The summed E-state index contributed by atoms with van der Waals surface area (Å²) in [5, 5.41) is 15.3. The standard InChI is InChI=1S/C20H22ClN5O3S/c1-11-7-6-8-12(2)18(11)26-20(23-24-25-26)30-13(3)19(27)22-15-10-16(28-4)14(21)9-17(15)29-5/h6-10,13H,1-5H3,(H,22,27). The average molecular weight is 448 g/mol. The zero-order valence-electron chi connectivity index (χ0n) is 17.3. The van der Waals surface area contributed by atoms with E-state index in [1.165, 1.54) is 26.0 Å². The fourth-order valence-electron chi connectivity index (χ4n) is 2.94. The number of methoxy groups -OCH3 is 2. The van der Waals surface area contributed by atoms with Gasteiger partial charge in [0.15, 0.2) is 0 Å². The van der Waals surface area contributed by atoms with Crippen LogP contribution in [0.5, 0.6) is 11.5 Å². The molecular formula is C20H22ClN5O3S. The molecule has 0 bridgehead atoms. The highest BCUT2D eigenvalue weighted by molar-refractivity contribution is 8.00. The van der Waals surface area contributed by atoms with Crippen molar-refractivity contribution >= 4 is 35.0 Å². The minimum atomic E-state index is -0.481. The highest BCUT2D eigenvalue weighted by Crippen LogP contribution is 2.36. The molecule has 0 saturated carbocycles. The maximum atomic E-state index is 12.8. The molecule has 0 aliphatic heterocycles. The molecule has 1 aromatic heterocycles. The van der Waals surface area contributed by atoms with Gasteiger partial charge in [-0.25, -0.2) is 0 Å². The minimum Gasteiger partial charge on any atom is -0.495 e. The van der Waals surface area contributed by atoms with E-state index in [1.54, 1.807) is 23.7 Å². The molecule has 8 nitrogen and oxygen atoms in total. The number of benzene rings is 2. The molecule has 30 heavy (non-hydrogen) atoms. The van der Waals surface area contributed by atoms with E-state index in [9.17, 15) is 4.79 Å². The van der Waals surface area contributed by atoms with Gasteiger partial charge in [0.05, 0.1) is 35.9 Å². The Hall–Kier alpha value is -2.78. The highest BCUT2D eigenvalue weighted by atomic mass is 35.5. The molecule has 0 saturated heterocycles. The van der Waals surface area contributed by atoms with Crippen molar-refractivity contribution in [3.63, 3.8) is 0 Å². The number of amides is 1. The molecule has 3 rings (SSSR count). The van der Waals surface area contributed by atoms with Gasteiger partial charge < -0.3 is 14.8 Å². The van der Waals surface area contributed by atoms with Gasteiger partial charge in [-0.1, -0.05) is 41.6 Å². The lowest BCUT2D eigenvalue weighted by Gasteiger charge is -2.16. The summed E-state index contributed by atoms with van der Waals surface area (Å²) in [6.07, 6.45) is 0. The molecule has 0 fully saturated rings. The number of halogens is 1. The Morgan fingerprint density at radius 1 is 1.17 bits per heavy atom. The SMILES string of the molecule is COc1cc(NC(=O)C(C)Sc2nnnn2-c2c(C)cccc2C)c(OC)cc1Cl. The summed E-state index contributed by atoms with van der Waals surface area (Å²) < 4.78 is 12.2. The van der Waals surface area contributed by atoms with E-state index < -0.39 is 5.25 Å². The lowest BCUT2D eigenvalue weighted by Crippen LogP contribution is -2.23. The molecular weight excluding hydrogens is 426 g/mol. The van der Waals surface area contributed by atoms with Crippen molar-refractivity contribution in [2.75, 3.05) is 19.5 Å². The van der Waals surface area contributed by atoms with Crippen LogP contribution in [0.1, 0.15) is 18.1 Å². The molecule has 1 N–H and O–H groups in total. The second-order valence-corrected chi connectivity index (χ2v) is 8.27. The van der Waals surface area contributed by atoms with Crippen LogP contribution in [-0.4, -0.2) is 45.6 Å². The van der Waals surface area contributed by atoms with Gasteiger partial charge in [-0.2, -0.15) is 4.68 Å². The number of nitrogens with zero attached hydrogens (tertiary/aromatic N) is 4. The molecule has 2 aromatic carbocycles. The topological polar surface area (TPSA) is 91.2 Å². The first kappa shape index (κ1) is 21.9. The Labute approximate surface area is 183 Å². The van der Waals surface area contributed by atoms with Gasteiger partial charge in [0.25, 0.3) is 0 Å². The molecule has 0 aliphatic rings. The molecule has 10 heteroatoms. The summed E-state index contributed by atoms with van der Waals surface area (Å²) in [4.78, 5) is 12.8. The quantitative estimate of drug-likeness (QED) is 0.546. The average Bonchev–Trinajstić information content (AvgIpc) is 3.16. The Bertz CT molecular complexity index is 1050. The monoisotopic (exact) mass is 447 g/mol. The first-order chi connectivity index (χ1) is 14.3.